The average Bonchev–Trinajstić information content (AvgIpc) is 2.90. The fourth-order valence-electron chi connectivity index (χ4n) is 3.46. The summed E-state index contributed by atoms with van der Waals surface area (Å²) >= 11 is 1.76. The normalized spacial score (nSPS) is 27.7. The first kappa shape index (κ1) is 21.1. The zero-order valence-electron chi connectivity index (χ0n) is 15.9. The van der Waals surface area contributed by atoms with E-state index in [2.05, 4.69) is 27.7 Å². The van der Waals surface area contributed by atoms with Crippen LogP contribution in [0.2, 0.25) is 0 Å². The minimum atomic E-state index is -0.417. The highest BCUT2D eigenvalue weighted by molar-refractivity contribution is 8.04. The van der Waals surface area contributed by atoms with Gasteiger partial charge in [-0.3, -0.25) is 0 Å². The minimum absolute atomic E-state index is 0.0779. The summed E-state index contributed by atoms with van der Waals surface area (Å²) in [7, 11) is 1.19. The van der Waals surface area contributed by atoms with Gasteiger partial charge in [-0.05, 0) is 25.7 Å². The van der Waals surface area contributed by atoms with Crippen LogP contribution in [0.25, 0.3) is 0 Å². The van der Waals surface area contributed by atoms with E-state index in [9.17, 15) is 0 Å². The molecule has 8 heteroatoms. The third-order valence-corrected chi connectivity index (χ3v) is 7.57. The van der Waals surface area contributed by atoms with Crippen LogP contribution in [0, 0.1) is 0 Å². The average molecular weight is 370 g/mol. The van der Waals surface area contributed by atoms with Crippen LogP contribution >= 0.6 is 11.8 Å². The molecule has 6 N–H and O–H groups in total. The summed E-state index contributed by atoms with van der Waals surface area (Å²) in [6.07, 6.45) is 3.00. The Bertz CT molecular complexity index is 484. The van der Waals surface area contributed by atoms with Gasteiger partial charge in [-0.25, -0.2) is 0 Å². The second-order valence-electron chi connectivity index (χ2n) is 6.99. The van der Waals surface area contributed by atoms with Gasteiger partial charge < -0.3 is 31.2 Å². The molecule has 25 heavy (non-hydrogen) atoms. The summed E-state index contributed by atoms with van der Waals surface area (Å²) in [6.45, 7) is 9.30. The lowest BCUT2D eigenvalue weighted by molar-refractivity contribution is 0.0223. The van der Waals surface area contributed by atoms with E-state index in [1.165, 1.54) is 7.62 Å². The van der Waals surface area contributed by atoms with E-state index in [0.717, 1.165) is 36.3 Å². The monoisotopic (exact) mass is 370 g/mol. The van der Waals surface area contributed by atoms with Gasteiger partial charge in [0.1, 0.15) is 18.5 Å². The van der Waals surface area contributed by atoms with Gasteiger partial charge in [0.25, 0.3) is 0 Å². The molecule has 0 saturated carbocycles. The van der Waals surface area contributed by atoms with Crippen molar-refractivity contribution < 1.29 is 14.1 Å². The SMILES string of the molecule is CCC(N)(CC)C1=C2OCC(O[B]N)COC2C(C(N)(CC)CC)S1. The highest BCUT2D eigenvalue weighted by atomic mass is 32.2. The van der Waals surface area contributed by atoms with Gasteiger partial charge in [-0.1, -0.05) is 27.7 Å². The third-order valence-electron chi connectivity index (χ3n) is 5.76. The molecule has 0 aromatic carbocycles. The summed E-state index contributed by atoms with van der Waals surface area (Å²) in [6, 6.07) is 0. The second-order valence-corrected chi connectivity index (χ2v) is 8.15. The molecule has 0 aliphatic carbocycles. The van der Waals surface area contributed by atoms with Crippen LogP contribution in [0.4, 0.5) is 0 Å². The molecule has 2 rings (SSSR count). The van der Waals surface area contributed by atoms with Gasteiger partial charge in [0.15, 0.2) is 0 Å². The number of fused-ring (bicyclic) bond motifs is 1. The molecular weight excluding hydrogens is 337 g/mol. The quantitative estimate of drug-likeness (QED) is 0.558. The Morgan fingerprint density at radius 2 is 1.76 bits per heavy atom. The summed E-state index contributed by atoms with van der Waals surface area (Å²) in [5.74, 6) is 0.848. The lowest BCUT2D eigenvalue weighted by atomic mass is 9.85. The molecule has 0 amide bonds. The molecule has 0 aromatic heterocycles. The van der Waals surface area contributed by atoms with Gasteiger partial charge in [-0.15, -0.1) is 11.8 Å². The molecule has 1 fully saturated rings. The molecule has 2 heterocycles. The van der Waals surface area contributed by atoms with Gasteiger partial charge in [0, 0.05) is 16.0 Å². The highest BCUT2D eigenvalue weighted by Crippen LogP contribution is 2.51. The number of rotatable bonds is 8. The number of hydrogen-bond acceptors (Lipinski definition) is 7. The van der Waals surface area contributed by atoms with E-state index in [1.54, 1.807) is 11.8 Å². The largest absolute Gasteiger partial charge is 0.491 e. The van der Waals surface area contributed by atoms with Crippen molar-refractivity contribution >= 4 is 19.4 Å². The van der Waals surface area contributed by atoms with Crippen molar-refractivity contribution in [2.45, 2.75) is 81.9 Å². The molecule has 2 aliphatic rings. The Morgan fingerprint density at radius 3 is 2.28 bits per heavy atom. The van der Waals surface area contributed by atoms with Crippen molar-refractivity contribution in [1.29, 1.82) is 0 Å². The number of thioether (sulfide) groups is 1. The first-order chi connectivity index (χ1) is 11.9. The first-order valence-corrected chi connectivity index (χ1v) is 10.2. The number of hydrogen-bond donors (Lipinski definition) is 3. The first-order valence-electron chi connectivity index (χ1n) is 9.31. The maximum absolute atomic E-state index is 6.76. The molecule has 0 aromatic rings. The van der Waals surface area contributed by atoms with E-state index in [1.807, 2.05) is 0 Å². The maximum Gasteiger partial charge on any atom is 0.393 e. The van der Waals surface area contributed by atoms with Gasteiger partial charge in [0.05, 0.1) is 18.0 Å². The molecule has 0 spiro atoms. The summed E-state index contributed by atoms with van der Waals surface area (Å²) < 4.78 is 17.8. The summed E-state index contributed by atoms with van der Waals surface area (Å²) in [4.78, 5) is 1.08. The van der Waals surface area contributed by atoms with Gasteiger partial charge in [0.2, 0.25) is 0 Å². The molecule has 3 atom stereocenters. The molecule has 6 nitrogen and oxygen atoms in total. The van der Waals surface area contributed by atoms with Crippen molar-refractivity contribution in [2.24, 2.45) is 17.1 Å². The van der Waals surface area contributed by atoms with E-state index in [-0.39, 0.29) is 23.0 Å². The number of nitrogens with two attached hydrogens (primary N) is 3. The van der Waals surface area contributed by atoms with Crippen LogP contribution in [0.5, 0.6) is 0 Å². The van der Waals surface area contributed by atoms with Crippen LogP contribution in [-0.2, 0) is 14.1 Å². The van der Waals surface area contributed by atoms with E-state index >= 15 is 0 Å². The van der Waals surface area contributed by atoms with Gasteiger partial charge in [-0.2, -0.15) is 0 Å². The zero-order chi connectivity index (χ0) is 18.7. The Morgan fingerprint density at radius 1 is 1.12 bits per heavy atom. The fraction of sp³-hybridized carbons (Fsp3) is 0.882. The lowest BCUT2D eigenvalue weighted by Gasteiger charge is -2.37. The molecule has 3 unspecified atom stereocenters. The van der Waals surface area contributed by atoms with E-state index in [4.69, 9.17) is 31.2 Å². The highest BCUT2D eigenvalue weighted by Gasteiger charge is 2.51. The predicted octanol–water partition coefficient (Wildman–Crippen LogP) is 1.64. The fourth-order valence-corrected chi connectivity index (χ4v) is 5.42. The molecule has 143 valence electrons. The predicted molar refractivity (Wildman–Crippen MR) is 104 cm³/mol. The van der Waals surface area contributed by atoms with E-state index in [0.29, 0.717) is 13.2 Å². The zero-order valence-corrected chi connectivity index (χ0v) is 16.7. The number of ether oxygens (including phenoxy) is 2. The van der Waals surface area contributed by atoms with Crippen molar-refractivity contribution in [2.75, 3.05) is 13.2 Å². The van der Waals surface area contributed by atoms with Crippen molar-refractivity contribution in [3.8, 4) is 0 Å². The molecule has 0 bridgehead atoms. The van der Waals surface area contributed by atoms with Crippen LogP contribution in [0.1, 0.15) is 53.4 Å². The summed E-state index contributed by atoms with van der Waals surface area (Å²) in [5.41, 5.74) is 18.1. The molecular formula is C17H33BN3O3S. The second kappa shape index (κ2) is 8.63. The van der Waals surface area contributed by atoms with E-state index < -0.39 is 5.54 Å². The minimum Gasteiger partial charge on any atom is -0.491 e. The lowest BCUT2D eigenvalue weighted by Crippen LogP contribution is -2.53. The maximum atomic E-state index is 6.76. The van der Waals surface area contributed by atoms with Crippen molar-refractivity contribution in [3.63, 3.8) is 0 Å². The molecule has 1 radical (unpaired) electrons. The Kier molecular flexibility index (Phi) is 7.27. The molecule has 2 aliphatic heterocycles. The Labute approximate surface area is 156 Å². The van der Waals surface area contributed by atoms with Gasteiger partial charge >= 0.3 is 7.62 Å². The van der Waals surface area contributed by atoms with Crippen molar-refractivity contribution in [3.05, 3.63) is 10.7 Å². The summed E-state index contributed by atoms with van der Waals surface area (Å²) in [5, 5.41) is 0.0779. The molecule has 1 saturated heterocycles. The standard InChI is InChI=1S/C17H33BN3O3S/c1-5-16(19,6-2)14-12-13(15(25-14)17(20,7-3)8-4)23-10-11(9-22-12)24-18-21/h11-12,14H,5-10,19-21H2,1-4H3. The smallest absolute Gasteiger partial charge is 0.393 e. The van der Waals surface area contributed by atoms with Crippen LogP contribution in [0.3, 0.4) is 0 Å². The third kappa shape index (κ3) is 4.04. The topological polar surface area (TPSA) is 106 Å². The van der Waals surface area contributed by atoms with Crippen LogP contribution in [-0.4, -0.2) is 49.4 Å². The Balaban J connectivity index is 2.40. The van der Waals surface area contributed by atoms with Crippen LogP contribution < -0.4 is 17.1 Å². The van der Waals surface area contributed by atoms with Crippen molar-refractivity contribution in [1.82, 2.24) is 0 Å². The Hall–Kier alpha value is -0.245. The van der Waals surface area contributed by atoms with Crippen LogP contribution in [0.15, 0.2) is 10.7 Å².